The minimum absolute atomic E-state index is 0.0222. The van der Waals surface area contributed by atoms with Gasteiger partial charge in [0, 0.05) is 29.7 Å². The van der Waals surface area contributed by atoms with Crippen LogP contribution in [0.5, 0.6) is 0 Å². The zero-order valence-electron chi connectivity index (χ0n) is 17.4. The highest BCUT2D eigenvalue weighted by Crippen LogP contribution is 2.33. The number of anilines is 2. The second-order valence-corrected chi connectivity index (χ2v) is 8.92. The summed E-state index contributed by atoms with van der Waals surface area (Å²) in [6, 6.07) is 11.4. The van der Waals surface area contributed by atoms with Crippen molar-refractivity contribution in [2.24, 2.45) is 0 Å². The lowest BCUT2D eigenvalue weighted by Crippen LogP contribution is -2.25. The molecule has 2 amide bonds. The van der Waals surface area contributed by atoms with Crippen LogP contribution in [-0.4, -0.2) is 28.5 Å². The van der Waals surface area contributed by atoms with Crippen LogP contribution in [0, 0.1) is 13.8 Å². The SMILES string of the molecule is CC(=O)N1CCc2cc(NC(=O)c3cc(-c4ccc(C)s4)nc4onc(C)c34)ccc21. The minimum Gasteiger partial charge on any atom is -0.335 e. The van der Waals surface area contributed by atoms with Crippen LogP contribution in [-0.2, 0) is 11.2 Å². The van der Waals surface area contributed by atoms with Gasteiger partial charge >= 0.3 is 0 Å². The smallest absolute Gasteiger partial charge is 0.259 e. The lowest BCUT2D eigenvalue weighted by atomic mass is 10.1. The molecule has 0 saturated carbocycles. The Bertz CT molecular complexity index is 1350. The van der Waals surface area contributed by atoms with Gasteiger partial charge in [0.2, 0.25) is 5.91 Å². The number of aryl methyl sites for hydroxylation is 2. The Balaban J connectivity index is 1.51. The Morgan fingerprint density at radius 2 is 2.00 bits per heavy atom. The summed E-state index contributed by atoms with van der Waals surface area (Å²) in [6.45, 7) is 6.05. The van der Waals surface area contributed by atoms with Crippen LogP contribution >= 0.6 is 11.3 Å². The van der Waals surface area contributed by atoms with Gasteiger partial charge in [-0.3, -0.25) is 9.59 Å². The third kappa shape index (κ3) is 3.38. The predicted octanol–water partition coefficient (Wildman–Crippen LogP) is 4.73. The molecule has 31 heavy (non-hydrogen) atoms. The Morgan fingerprint density at radius 1 is 1.16 bits per heavy atom. The number of amides is 2. The van der Waals surface area contributed by atoms with E-state index in [1.54, 1.807) is 36.2 Å². The van der Waals surface area contributed by atoms with Gasteiger partial charge in [-0.15, -0.1) is 11.3 Å². The van der Waals surface area contributed by atoms with Crippen molar-refractivity contribution < 1.29 is 14.1 Å². The maximum absolute atomic E-state index is 13.3. The van der Waals surface area contributed by atoms with Crippen LogP contribution in [0.25, 0.3) is 21.7 Å². The molecule has 0 bridgehead atoms. The quantitative estimate of drug-likeness (QED) is 0.506. The predicted molar refractivity (Wildman–Crippen MR) is 121 cm³/mol. The van der Waals surface area contributed by atoms with E-state index in [4.69, 9.17) is 4.52 Å². The number of carbonyl (C=O) groups excluding carboxylic acids is 2. The van der Waals surface area contributed by atoms with Crippen molar-refractivity contribution >= 4 is 45.6 Å². The molecule has 0 saturated heterocycles. The Labute approximate surface area is 182 Å². The Hall–Kier alpha value is -3.52. The molecule has 0 aliphatic carbocycles. The van der Waals surface area contributed by atoms with Crippen LogP contribution in [0.2, 0.25) is 0 Å². The molecule has 0 atom stereocenters. The van der Waals surface area contributed by atoms with E-state index in [0.29, 0.717) is 40.3 Å². The largest absolute Gasteiger partial charge is 0.335 e. The van der Waals surface area contributed by atoms with Crippen molar-refractivity contribution in [1.29, 1.82) is 0 Å². The molecule has 8 heteroatoms. The molecule has 1 aromatic carbocycles. The molecule has 0 fully saturated rings. The number of aromatic nitrogens is 2. The monoisotopic (exact) mass is 432 g/mol. The third-order valence-corrected chi connectivity index (χ3v) is 6.49. The first kappa shape index (κ1) is 19.4. The number of pyridine rings is 1. The summed E-state index contributed by atoms with van der Waals surface area (Å²) < 4.78 is 5.38. The zero-order valence-corrected chi connectivity index (χ0v) is 18.2. The Morgan fingerprint density at radius 3 is 2.74 bits per heavy atom. The van der Waals surface area contributed by atoms with Crippen LogP contribution < -0.4 is 10.2 Å². The first-order valence-electron chi connectivity index (χ1n) is 9.97. The van der Waals surface area contributed by atoms with Gasteiger partial charge in [0.25, 0.3) is 11.6 Å². The van der Waals surface area contributed by atoms with Gasteiger partial charge in [0.1, 0.15) is 0 Å². The van der Waals surface area contributed by atoms with E-state index in [2.05, 4.69) is 15.5 Å². The average Bonchev–Trinajstić information content (AvgIpc) is 3.45. The van der Waals surface area contributed by atoms with Crippen LogP contribution in [0.15, 0.2) is 40.9 Å². The normalized spacial score (nSPS) is 12.9. The van der Waals surface area contributed by atoms with E-state index >= 15 is 0 Å². The lowest BCUT2D eigenvalue weighted by Gasteiger charge is -2.15. The molecule has 156 valence electrons. The summed E-state index contributed by atoms with van der Waals surface area (Å²) >= 11 is 1.61. The van der Waals surface area contributed by atoms with Gasteiger partial charge in [0.15, 0.2) is 0 Å². The second kappa shape index (κ2) is 7.31. The van der Waals surface area contributed by atoms with Crippen molar-refractivity contribution in [3.05, 3.63) is 58.1 Å². The number of rotatable bonds is 3. The summed E-state index contributed by atoms with van der Waals surface area (Å²) in [7, 11) is 0. The summed E-state index contributed by atoms with van der Waals surface area (Å²) in [6.07, 6.45) is 0.769. The molecule has 5 rings (SSSR count). The van der Waals surface area contributed by atoms with E-state index in [1.165, 1.54) is 0 Å². The van der Waals surface area contributed by atoms with Gasteiger partial charge in [-0.2, -0.15) is 0 Å². The van der Waals surface area contributed by atoms with Crippen molar-refractivity contribution in [2.75, 3.05) is 16.8 Å². The van der Waals surface area contributed by atoms with Crippen molar-refractivity contribution in [1.82, 2.24) is 10.1 Å². The molecule has 1 aliphatic rings. The maximum atomic E-state index is 13.3. The molecule has 0 radical (unpaired) electrons. The Kier molecular flexibility index (Phi) is 4.59. The number of nitrogens with zero attached hydrogens (tertiary/aromatic N) is 3. The van der Waals surface area contributed by atoms with Gasteiger partial charge in [-0.25, -0.2) is 4.98 Å². The van der Waals surface area contributed by atoms with Gasteiger partial charge in [-0.05, 0) is 62.2 Å². The molecule has 3 aromatic heterocycles. The molecular weight excluding hydrogens is 412 g/mol. The summed E-state index contributed by atoms with van der Waals surface area (Å²) in [4.78, 5) is 33.5. The maximum Gasteiger partial charge on any atom is 0.259 e. The van der Waals surface area contributed by atoms with E-state index in [0.717, 1.165) is 27.4 Å². The highest BCUT2D eigenvalue weighted by Gasteiger charge is 2.24. The highest BCUT2D eigenvalue weighted by molar-refractivity contribution is 7.15. The fraction of sp³-hybridized carbons (Fsp3) is 0.217. The third-order valence-electron chi connectivity index (χ3n) is 5.47. The summed E-state index contributed by atoms with van der Waals surface area (Å²) in [5.74, 6) is -0.233. The van der Waals surface area contributed by atoms with Crippen LogP contribution in [0.1, 0.15) is 33.4 Å². The number of thiophene rings is 1. The first-order valence-corrected chi connectivity index (χ1v) is 10.8. The molecule has 4 heterocycles. The van der Waals surface area contributed by atoms with E-state index < -0.39 is 0 Å². The number of nitrogens with one attached hydrogen (secondary N) is 1. The topological polar surface area (TPSA) is 88.3 Å². The lowest BCUT2D eigenvalue weighted by molar-refractivity contribution is -0.116. The standard InChI is InChI=1S/C23H20N4O3S/c1-12-4-7-20(31-12)18-11-17(21-13(2)26-30-23(21)25-18)22(29)24-16-5-6-19-15(10-16)8-9-27(19)14(3)28/h4-7,10-11H,8-9H2,1-3H3,(H,24,29). The van der Waals surface area contributed by atoms with E-state index in [9.17, 15) is 9.59 Å². The average molecular weight is 433 g/mol. The fourth-order valence-electron chi connectivity index (χ4n) is 3.98. The first-order chi connectivity index (χ1) is 14.9. The molecule has 0 unspecified atom stereocenters. The molecule has 1 N–H and O–H groups in total. The van der Waals surface area contributed by atoms with Crippen LogP contribution in [0.4, 0.5) is 11.4 Å². The number of hydrogen-bond acceptors (Lipinski definition) is 6. The number of fused-ring (bicyclic) bond motifs is 2. The minimum atomic E-state index is -0.255. The summed E-state index contributed by atoms with van der Waals surface area (Å²) in [5.41, 5.74) is 4.74. The molecule has 1 aliphatic heterocycles. The van der Waals surface area contributed by atoms with E-state index in [-0.39, 0.29) is 11.8 Å². The number of benzene rings is 1. The fourth-order valence-corrected chi connectivity index (χ4v) is 4.81. The van der Waals surface area contributed by atoms with E-state index in [1.807, 2.05) is 37.3 Å². The number of hydrogen-bond donors (Lipinski definition) is 1. The zero-order chi connectivity index (χ0) is 21.7. The number of carbonyl (C=O) groups is 2. The second-order valence-electron chi connectivity index (χ2n) is 7.63. The van der Waals surface area contributed by atoms with Crippen LogP contribution in [0.3, 0.4) is 0 Å². The van der Waals surface area contributed by atoms with Crippen molar-refractivity contribution in [2.45, 2.75) is 27.2 Å². The van der Waals surface area contributed by atoms with Gasteiger partial charge in [-0.1, -0.05) is 5.16 Å². The van der Waals surface area contributed by atoms with Gasteiger partial charge < -0.3 is 14.7 Å². The molecule has 4 aromatic rings. The summed E-state index contributed by atoms with van der Waals surface area (Å²) in [5, 5.41) is 7.60. The molecule has 7 nitrogen and oxygen atoms in total. The van der Waals surface area contributed by atoms with Gasteiger partial charge in [0.05, 0.1) is 27.2 Å². The van der Waals surface area contributed by atoms with Crippen molar-refractivity contribution in [3.8, 4) is 10.6 Å². The van der Waals surface area contributed by atoms with Crippen molar-refractivity contribution in [3.63, 3.8) is 0 Å². The molecular formula is C23H20N4O3S. The highest BCUT2D eigenvalue weighted by atomic mass is 32.1. The molecule has 0 spiro atoms.